The smallest absolute Gasteiger partial charge is 0.296 e. The lowest BCUT2D eigenvalue weighted by Gasteiger charge is -2.60. The van der Waals surface area contributed by atoms with Crippen LogP contribution in [-0.2, 0) is 14.2 Å². The summed E-state index contributed by atoms with van der Waals surface area (Å²) in [6.07, 6.45) is 1.38. The number of fused-ring (bicyclic) bond motifs is 2. The standard InChI is InChI=1S/C33H40ClN7O5Si/c1-47(2,3)12-11-43-27(20-5-7-21(8-6-20)40-16-33(17-40)18-41(19-33)31-35-9-4-10-36-31)26-22(34)13-23-30(38-26)39-32(37-23)46-25-15-45-28-24(42)14-44-29(25)28/h4-10,13,24-25,27-29,42H,11-12,14-19H2,1-3H3,(H,37,38,39)/t24-,25-,27?,28-,29-/m1/s1. The predicted molar refractivity (Wildman–Crippen MR) is 180 cm³/mol. The molecule has 1 spiro atoms. The first-order valence-corrected chi connectivity index (χ1v) is 20.3. The van der Waals surface area contributed by atoms with E-state index in [1.54, 1.807) is 12.4 Å². The number of halogens is 1. The minimum absolute atomic E-state index is 0.234. The molecule has 47 heavy (non-hydrogen) atoms. The van der Waals surface area contributed by atoms with Gasteiger partial charge in [-0.15, -0.1) is 0 Å². The topological polar surface area (TPSA) is 131 Å². The molecule has 0 bridgehead atoms. The van der Waals surface area contributed by atoms with Gasteiger partial charge < -0.3 is 38.8 Å². The summed E-state index contributed by atoms with van der Waals surface area (Å²) in [6, 6.07) is 13.6. The Bertz CT molecular complexity index is 1730. The van der Waals surface area contributed by atoms with Crippen LogP contribution in [0.3, 0.4) is 0 Å². The monoisotopic (exact) mass is 677 g/mol. The number of aliphatic hydroxyl groups is 1. The first-order valence-electron chi connectivity index (χ1n) is 16.3. The normalized spacial score (nSPS) is 25.6. The molecular formula is C33H40ClN7O5Si. The number of aromatic nitrogens is 5. The first-order chi connectivity index (χ1) is 22.6. The van der Waals surface area contributed by atoms with Gasteiger partial charge in [0.1, 0.15) is 24.4 Å². The molecule has 12 nitrogen and oxygen atoms in total. The fourth-order valence-electron chi connectivity index (χ4n) is 7.02. The summed E-state index contributed by atoms with van der Waals surface area (Å²) < 4.78 is 24.1. The van der Waals surface area contributed by atoms with Crippen LogP contribution in [-0.4, -0.2) is 109 Å². The van der Waals surface area contributed by atoms with Gasteiger partial charge >= 0.3 is 0 Å². The summed E-state index contributed by atoms with van der Waals surface area (Å²) >= 11 is 6.90. The highest BCUT2D eigenvalue weighted by atomic mass is 35.5. The summed E-state index contributed by atoms with van der Waals surface area (Å²) in [5.41, 5.74) is 4.24. The van der Waals surface area contributed by atoms with Crippen molar-refractivity contribution in [3.8, 4) is 6.01 Å². The average Bonchev–Trinajstić information content (AvgIpc) is 3.70. The van der Waals surface area contributed by atoms with Crippen molar-refractivity contribution in [2.24, 2.45) is 5.41 Å². The Hall–Kier alpha value is -3.33. The van der Waals surface area contributed by atoms with E-state index in [0.29, 0.717) is 46.5 Å². The number of benzene rings is 1. The van der Waals surface area contributed by atoms with E-state index in [1.165, 1.54) is 5.69 Å². The molecule has 248 valence electrons. The van der Waals surface area contributed by atoms with E-state index in [-0.39, 0.29) is 24.9 Å². The molecule has 4 aliphatic rings. The molecule has 3 aromatic heterocycles. The zero-order valence-corrected chi connectivity index (χ0v) is 28.6. The fraction of sp³-hybridized carbons (Fsp3) is 0.515. The van der Waals surface area contributed by atoms with E-state index in [0.717, 1.165) is 43.7 Å². The third kappa shape index (κ3) is 6.09. The Morgan fingerprint density at radius 3 is 2.49 bits per heavy atom. The van der Waals surface area contributed by atoms with Gasteiger partial charge in [-0.1, -0.05) is 43.4 Å². The molecule has 0 amide bonds. The number of anilines is 2. The van der Waals surface area contributed by atoms with Crippen molar-refractivity contribution in [2.45, 2.75) is 56.2 Å². The molecule has 0 saturated carbocycles. The van der Waals surface area contributed by atoms with Gasteiger partial charge in [-0.25, -0.2) is 15.0 Å². The SMILES string of the molecule is C[Si](C)(C)CCOC(c1ccc(N2CC3(C2)CN(c2ncccn2)C3)cc1)c1nc2nc(O[C@@H]3CO[C@H]4[C@@H]3OC[C@H]4O)[nH]c2cc1Cl. The van der Waals surface area contributed by atoms with E-state index < -0.39 is 20.3 Å². The molecule has 1 unspecified atom stereocenters. The summed E-state index contributed by atoms with van der Waals surface area (Å²) in [5.74, 6) is 0.811. The van der Waals surface area contributed by atoms with Gasteiger partial charge in [-0.2, -0.15) is 4.98 Å². The van der Waals surface area contributed by atoms with Crippen molar-refractivity contribution >= 4 is 42.5 Å². The second-order valence-corrected chi connectivity index (χ2v) is 20.5. The number of rotatable bonds is 10. The molecule has 4 aliphatic heterocycles. The number of nitrogens with one attached hydrogen (secondary N) is 1. The number of pyridine rings is 1. The van der Waals surface area contributed by atoms with Crippen molar-refractivity contribution in [1.29, 1.82) is 0 Å². The van der Waals surface area contributed by atoms with Crippen molar-refractivity contribution in [3.05, 3.63) is 65.1 Å². The Kier molecular flexibility index (Phi) is 7.89. The molecule has 7 heterocycles. The number of nitrogens with zero attached hydrogens (tertiary/aromatic N) is 6. The average molecular weight is 678 g/mol. The van der Waals surface area contributed by atoms with Crippen LogP contribution in [0.1, 0.15) is 17.4 Å². The second-order valence-electron chi connectivity index (χ2n) is 14.5. The number of aliphatic hydroxyl groups excluding tert-OH is 1. The summed E-state index contributed by atoms with van der Waals surface area (Å²) in [5, 5.41) is 10.6. The molecule has 0 radical (unpaired) electrons. The van der Waals surface area contributed by atoms with Crippen LogP contribution in [0.25, 0.3) is 11.2 Å². The maximum absolute atomic E-state index is 10.1. The summed E-state index contributed by atoms with van der Waals surface area (Å²) in [6.45, 7) is 12.2. The van der Waals surface area contributed by atoms with E-state index in [2.05, 4.69) is 73.6 Å². The highest BCUT2D eigenvalue weighted by molar-refractivity contribution is 6.76. The number of H-pyrrole nitrogens is 1. The van der Waals surface area contributed by atoms with Gasteiger partial charge in [-0.3, -0.25) is 0 Å². The molecule has 1 aromatic carbocycles. The van der Waals surface area contributed by atoms with E-state index in [4.69, 9.17) is 35.5 Å². The van der Waals surface area contributed by atoms with Crippen LogP contribution in [0.15, 0.2) is 48.8 Å². The predicted octanol–water partition coefficient (Wildman–Crippen LogP) is 4.08. The Labute approximate surface area is 279 Å². The number of aromatic amines is 1. The highest BCUT2D eigenvalue weighted by Crippen LogP contribution is 2.43. The maximum atomic E-state index is 10.1. The van der Waals surface area contributed by atoms with Crippen LogP contribution in [0.2, 0.25) is 30.7 Å². The van der Waals surface area contributed by atoms with Crippen molar-refractivity contribution in [3.63, 3.8) is 0 Å². The van der Waals surface area contributed by atoms with Gasteiger partial charge in [0.25, 0.3) is 6.01 Å². The van der Waals surface area contributed by atoms with Crippen LogP contribution in [0, 0.1) is 5.41 Å². The van der Waals surface area contributed by atoms with Crippen LogP contribution in [0.4, 0.5) is 11.6 Å². The minimum atomic E-state index is -1.34. The van der Waals surface area contributed by atoms with Gasteiger partial charge in [0, 0.05) is 64.4 Å². The summed E-state index contributed by atoms with van der Waals surface area (Å²) in [4.78, 5) is 26.2. The lowest BCUT2D eigenvalue weighted by Crippen LogP contribution is -2.72. The van der Waals surface area contributed by atoms with E-state index >= 15 is 0 Å². The van der Waals surface area contributed by atoms with Gasteiger partial charge in [0.2, 0.25) is 5.95 Å². The lowest BCUT2D eigenvalue weighted by atomic mass is 9.72. The molecule has 14 heteroatoms. The zero-order chi connectivity index (χ0) is 32.3. The Morgan fingerprint density at radius 2 is 1.74 bits per heavy atom. The molecule has 4 aromatic rings. The molecule has 0 aliphatic carbocycles. The van der Waals surface area contributed by atoms with Gasteiger partial charge in [0.15, 0.2) is 11.8 Å². The van der Waals surface area contributed by atoms with Gasteiger partial charge in [-0.05, 0) is 35.9 Å². The number of imidazole rings is 1. The van der Waals surface area contributed by atoms with Crippen LogP contribution < -0.4 is 14.5 Å². The van der Waals surface area contributed by atoms with Gasteiger partial charge in [0.05, 0.1) is 29.4 Å². The zero-order valence-electron chi connectivity index (χ0n) is 26.8. The third-order valence-corrected chi connectivity index (χ3v) is 11.6. The Balaban J connectivity index is 0.984. The summed E-state index contributed by atoms with van der Waals surface area (Å²) in [7, 11) is -1.34. The second kappa shape index (κ2) is 12.0. The number of hydrogen-bond acceptors (Lipinski definition) is 11. The fourth-order valence-corrected chi connectivity index (χ4v) is 8.00. The molecule has 2 N–H and O–H groups in total. The molecule has 4 saturated heterocycles. The molecular weight excluding hydrogens is 638 g/mol. The van der Waals surface area contributed by atoms with Crippen molar-refractivity contribution < 1.29 is 24.1 Å². The van der Waals surface area contributed by atoms with Crippen molar-refractivity contribution in [2.75, 3.05) is 55.8 Å². The first kappa shape index (κ1) is 31.0. The largest absolute Gasteiger partial charge is 0.456 e. The minimum Gasteiger partial charge on any atom is -0.456 e. The molecule has 8 rings (SSSR count). The maximum Gasteiger partial charge on any atom is 0.296 e. The quantitative estimate of drug-likeness (QED) is 0.236. The van der Waals surface area contributed by atoms with E-state index in [1.807, 2.05) is 12.1 Å². The van der Waals surface area contributed by atoms with E-state index in [9.17, 15) is 5.11 Å². The lowest BCUT2D eigenvalue weighted by molar-refractivity contribution is 0.00706. The molecule has 5 atom stereocenters. The number of hydrogen-bond donors (Lipinski definition) is 2. The van der Waals surface area contributed by atoms with Crippen LogP contribution in [0.5, 0.6) is 6.01 Å². The third-order valence-electron chi connectivity index (χ3n) is 9.56. The van der Waals surface area contributed by atoms with Crippen LogP contribution >= 0.6 is 11.6 Å². The highest BCUT2D eigenvalue weighted by Gasteiger charge is 2.52. The number of ether oxygens (including phenoxy) is 4. The Morgan fingerprint density at radius 1 is 1.02 bits per heavy atom. The molecule has 4 fully saturated rings. The van der Waals surface area contributed by atoms with Crippen molar-refractivity contribution in [1.82, 2.24) is 24.9 Å².